The summed E-state index contributed by atoms with van der Waals surface area (Å²) in [6, 6.07) is 6.40. The standard InChI is InChI=1S/C19H27FN2O3/c20-17-4-2-16(3-5-17)14-22-8-1-6-19(18(22)24)7-9-21(15-19)10-12-25-13-11-23/h2-5,23H,1,6-15H2. The van der Waals surface area contributed by atoms with Crippen molar-refractivity contribution in [2.45, 2.75) is 25.8 Å². The monoisotopic (exact) mass is 350 g/mol. The third-order valence-corrected chi connectivity index (χ3v) is 5.33. The van der Waals surface area contributed by atoms with Gasteiger partial charge in [0.1, 0.15) is 5.82 Å². The minimum atomic E-state index is -0.269. The highest BCUT2D eigenvalue weighted by molar-refractivity contribution is 5.84. The van der Waals surface area contributed by atoms with Crippen molar-refractivity contribution in [3.63, 3.8) is 0 Å². The molecule has 1 aromatic rings. The van der Waals surface area contributed by atoms with Crippen molar-refractivity contribution < 1.29 is 19.0 Å². The molecule has 1 N–H and O–H groups in total. The SMILES string of the molecule is O=C1N(Cc2ccc(F)cc2)CCCC12CCN(CCOCCO)C2. The molecule has 1 spiro atoms. The van der Waals surface area contributed by atoms with E-state index in [2.05, 4.69) is 4.90 Å². The molecule has 3 rings (SSSR count). The quantitative estimate of drug-likeness (QED) is 0.760. The van der Waals surface area contributed by atoms with Gasteiger partial charge in [0.2, 0.25) is 5.91 Å². The van der Waals surface area contributed by atoms with E-state index in [0.29, 0.717) is 19.8 Å². The smallest absolute Gasteiger partial charge is 0.230 e. The highest BCUT2D eigenvalue weighted by Gasteiger charge is 2.47. The lowest BCUT2D eigenvalue weighted by atomic mass is 9.78. The molecule has 0 radical (unpaired) electrons. The molecule has 2 aliphatic heterocycles. The van der Waals surface area contributed by atoms with Crippen LogP contribution in [0.4, 0.5) is 4.39 Å². The lowest BCUT2D eigenvalue weighted by molar-refractivity contribution is -0.146. The number of rotatable bonds is 7. The summed E-state index contributed by atoms with van der Waals surface area (Å²) in [6.07, 6.45) is 2.85. The number of piperidine rings is 1. The summed E-state index contributed by atoms with van der Waals surface area (Å²) in [6.45, 7) is 4.83. The summed E-state index contributed by atoms with van der Waals surface area (Å²) in [5, 5.41) is 8.75. The molecular formula is C19H27FN2O3. The molecule has 2 aliphatic rings. The average molecular weight is 350 g/mol. The molecule has 5 nitrogen and oxygen atoms in total. The molecule has 1 aromatic carbocycles. The molecule has 2 fully saturated rings. The molecule has 0 bridgehead atoms. The lowest BCUT2D eigenvalue weighted by Gasteiger charge is -2.39. The molecule has 2 saturated heterocycles. The summed E-state index contributed by atoms with van der Waals surface area (Å²) < 4.78 is 18.4. The Balaban J connectivity index is 1.57. The first-order valence-electron chi connectivity index (χ1n) is 9.08. The normalized spacial score (nSPS) is 24.4. The Morgan fingerprint density at radius 2 is 1.96 bits per heavy atom. The Morgan fingerprint density at radius 1 is 1.16 bits per heavy atom. The number of carbonyl (C=O) groups excluding carboxylic acids is 1. The molecule has 0 aliphatic carbocycles. The fourth-order valence-electron chi connectivity index (χ4n) is 4.00. The number of benzene rings is 1. The second kappa shape index (κ2) is 8.25. The fraction of sp³-hybridized carbons (Fsp3) is 0.632. The van der Waals surface area contributed by atoms with E-state index in [1.165, 1.54) is 12.1 Å². The van der Waals surface area contributed by atoms with Crippen LogP contribution in [0.1, 0.15) is 24.8 Å². The maximum atomic E-state index is 13.1. The topological polar surface area (TPSA) is 53.0 Å². The predicted molar refractivity (Wildman–Crippen MR) is 92.4 cm³/mol. The number of aliphatic hydroxyl groups excluding tert-OH is 1. The Morgan fingerprint density at radius 3 is 2.72 bits per heavy atom. The zero-order valence-corrected chi connectivity index (χ0v) is 14.6. The third kappa shape index (κ3) is 4.37. The first-order valence-corrected chi connectivity index (χ1v) is 9.08. The second-order valence-electron chi connectivity index (χ2n) is 7.10. The Kier molecular flexibility index (Phi) is 6.04. The van der Waals surface area contributed by atoms with Crippen LogP contribution in [-0.2, 0) is 16.1 Å². The van der Waals surface area contributed by atoms with Gasteiger partial charge in [-0.3, -0.25) is 9.69 Å². The van der Waals surface area contributed by atoms with Crippen molar-refractivity contribution in [1.82, 2.24) is 9.80 Å². The molecule has 1 unspecified atom stereocenters. The number of hydrogen-bond donors (Lipinski definition) is 1. The van der Waals surface area contributed by atoms with Crippen LogP contribution < -0.4 is 0 Å². The summed E-state index contributed by atoms with van der Waals surface area (Å²) in [4.78, 5) is 17.3. The van der Waals surface area contributed by atoms with Gasteiger partial charge in [0.05, 0.1) is 25.2 Å². The summed E-state index contributed by atoms with van der Waals surface area (Å²) >= 11 is 0. The van der Waals surface area contributed by atoms with Crippen molar-refractivity contribution in [3.05, 3.63) is 35.6 Å². The lowest BCUT2D eigenvalue weighted by Crippen LogP contribution is -2.49. The highest BCUT2D eigenvalue weighted by Crippen LogP contribution is 2.40. The van der Waals surface area contributed by atoms with Crippen LogP contribution in [0.25, 0.3) is 0 Å². The molecule has 0 saturated carbocycles. The van der Waals surface area contributed by atoms with E-state index in [0.717, 1.165) is 51.0 Å². The van der Waals surface area contributed by atoms with Crippen LogP contribution in [0, 0.1) is 11.2 Å². The molecule has 1 amide bonds. The van der Waals surface area contributed by atoms with Crippen molar-refractivity contribution >= 4 is 5.91 Å². The van der Waals surface area contributed by atoms with Gasteiger partial charge in [-0.2, -0.15) is 0 Å². The third-order valence-electron chi connectivity index (χ3n) is 5.33. The molecule has 25 heavy (non-hydrogen) atoms. The number of aliphatic hydroxyl groups is 1. The molecule has 138 valence electrons. The second-order valence-corrected chi connectivity index (χ2v) is 7.10. The van der Waals surface area contributed by atoms with Gasteiger partial charge in [-0.05, 0) is 43.5 Å². The molecule has 2 heterocycles. The maximum Gasteiger partial charge on any atom is 0.230 e. The van der Waals surface area contributed by atoms with Crippen molar-refractivity contribution in [2.75, 3.05) is 46.0 Å². The van der Waals surface area contributed by atoms with Crippen molar-refractivity contribution in [2.24, 2.45) is 5.41 Å². The van der Waals surface area contributed by atoms with Gasteiger partial charge in [-0.1, -0.05) is 12.1 Å². The first kappa shape index (κ1) is 18.3. The maximum absolute atomic E-state index is 13.1. The van der Waals surface area contributed by atoms with Crippen LogP contribution in [0.2, 0.25) is 0 Å². The van der Waals surface area contributed by atoms with Crippen molar-refractivity contribution in [3.8, 4) is 0 Å². The molecule has 0 aromatic heterocycles. The number of hydrogen-bond acceptors (Lipinski definition) is 4. The van der Waals surface area contributed by atoms with Gasteiger partial charge in [0.15, 0.2) is 0 Å². The molecular weight excluding hydrogens is 323 g/mol. The van der Waals surface area contributed by atoms with E-state index in [9.17, 15) is 9.18 Å². The molecule has 6 heteroatoms. The number of amides is 1. The van der Waals surface area contributed by atoms with E-state index in [1.54, 1.807) is 12.1 Å². The van der Waals surface area contributed by atoms with Crippen LogP contribution in [-0.4, -0.2) is 66.8 Å². The van der Waals surface area contributed by atoms with Gasteiger partial charge >= 0.3 is 0 Å². The van der Waals surface area contributed by atoms with E-state index in [-0.39, 0.29) is 23.7 Å². The Labute approximate surface area is 148 Å². The fourth-order valence-corrected chi connectivity index (χ4v) is 4.00. The average Bonchev–Trinajstić information content (AvgIpc) is 3.02. The van der Waals surface area contributed by atoms with Gasteiger partial charge in [-0.15, -0.1) is 0 Å². The van der Waals surface area contributed by atoms with Crippen LogP contribution in [0.5, 0.6) is 0 Å². The largest absolute Gasteiger partial charge is 0.394 e. The van der Waals surface area contributed by atoms with Crippen LogP contribution >= 0.6 is 0 Å². The summed E-state index contributed by atoms with van der Waals surface area (Å²) in [5.41, 5.74) is 0.703. The predicted octanol–water partition coefficient (Wildman–Crippen LogP) is 1.65. The van der Waals surface area contributed by atoms with E-state index >= 15 is 0 Å². The van der Waals surface area contributed by atoms with E-state index in [4.69, 9.17) is 9.84 Å². The number of likely N-dealkylation sites (tertiary alicyclic amines) is 2. The zero-order valence-electron chi connectivity index (χ0n) is 14.6. The number of nitrogens with zero attached hydrogens (tertiary/aromatic N) is 2. The minimum absolute atomic E-state index is 0.0424. The van der Waals surface area contributed by atoms with Gasteiger partial charge in [0.25, 0.3) is 0 Å². The van der Waals surface area contributed by atoms with Crippen LogP contribution in [0.3, 0.4) is 0 Å². The number of ether oxygens (including phenoxy) is 1. The minimum Gasteiger partial charge on any atom is -0.394 e. The van der Waals surface area contributed by atoms with Gasteiger partial charge in [-0.25, -0.2) is 4.39 Å². The van der Waals surface area contributed by atoms with Gasteiger partial charge < -0.3 is 14.7 Å². The Hall–Kier alpha value is -1.50. The van der Waals surface area contributed by atoms with Crippen molar-refractivity contribution in [1.29, 1.82) is 0 Å². The highest BCUT2D eigenvalue weighted by atomic mass is 19.1. The summed E-state index contributed by atoms with van der Waals surface area (Å²) in [7, 11) is 0. The number of carbonyl (C=O) groups is 1. The van der Waals surface area contributed by atoms with E-state index in [1.807, 2.05) is 4.90 Å². The van der Waals surface area contributed by atoms with Crippen LogP contribution in [0.15, 0.2) is 24.3 Å². The summed E-state index contributed by atoms with van der Waals surface area (Å²) in [5.74, 6) is -0.0121. The Bertz CT molecular complexity index is 581. The number of halogens is 1. The molecule has 1 atom stereocenters. The van der Waals surface area contributed by atoms with E-state index < -0.39 is 0 Å². The first-order chi connectivity index (χ1) is 12.1. The zero-order chi connectivity index (χ0) is 17.7. The van der Waals surface area contributed by atoms with Gasteiger partial charge in [0, 0.05) is 26.2 Å².